The highest BCUT2D eigenvalue weighted by Gasteiger charge is 2.27. The molecule has 0 bridgehead atoms. The first-order valence-electron chi connectivity index (χ1n) is 9.59. The van der Waals surface area contributed by atoms with Crippen LogP contribution in [0.25, 0.3) is 0 Å². The van der Waals surface area contributed by atoms with E-state index in [-0.39, 0.29) is 29.0 Å². The van der Waals surface area contributed by atoms with Crippen molar-refractivity contribution in [1.82, 2.24) is 9.62 Å². The number of carbonyl (C=O) groups excluding carboxylic acids is 1. The third-order valence-corrected chi connectivity index (χ3v) is 6.71. The number of halogens is 1. The summed E-state index contributed by atoms with van der Waals surface area (Å²) in [6, 6.07) is 11.2. The Hall–Kier alpha value is -2.29. The maximum atomic E-state index is 13.0. The zero-order valence-electron chi connectivity index (χ0n) is 17.5. The number of benzene rings is 2. The number of nitrogens with one attached hydrogen (secondary N) is 1. The number of rotatable bonds is 10. The molecule has 7 nitrogen and oxygen atoms in total. The lowest BCUT2D eigenvalue weighted by Crippen LogP contribution is -2.41. The van der Waals surface area contributed by atoms with Crippen LogP contribution < -0.4 is 14.8 Å². The molecule has 0 saturated carbocycles. The molecule has 0 heterocycles. The molecule has 1 atom stereocenters. The third-order valence-electron chi connectivity index (χ3n) is 4.50. The second-order valence-electron chi connectivity index (χ2n) is 6.49. The van der Waals surface area contributed by atoms with Gasteiger partial charge in [0.1, 0.15) is 11.5 Å². The lowest BCUT2D eigenvalue weighted by molar-refractivity contribution is -0.121. The van der Waals surface area contributed by atoms with Gasteiger partial charge in [-0.15, -0.1) is 0 Å². The molecule has 2 aromatic carbocycles. The van der Waals surface area contributed by atoms with Crippen LogP contribution >= 0.6 is 11.6 Å². The van der Waals surface area contributed by atoms with Gasteiger partial charge in [-0.1, -0.05) is 36.7 Å². The number of amides is 1. The molecule has 0 radical (unpaired) electrons. The van der Waals surface area contributed by atoms with E-state index in [1.165, 1.54) is 18.2 Å². The standard InChI is InChI=1S/C21H27ClN2O5S/c1-5-24(30(26,27)16-11-12-20(29-6-2)18(22)13-16)14-21(25)23-15(3)17-9-7-8-10-19(17)28-4/h7-13,15H,5-6,14H2,1-4H3,(H,23,25)/t15-/m1/s1. The molecule has 2 rings (SSSR count). The molecule has 0 spiro atoms. The van der Waals surface area contributed by atoms with E-state index in [2.05, 4.69) is 5.32 Å². The fourth-order valence-electron chi connectivity index (χ4n) is 2.98. The summed E-state index contributed by atoms with van der Waals surface area (Å²) in [4.78, 5) is 12.6. The molecule has 0 aromatic heterocycles. The Bertz CT molecular complexity index is 981. The number of ether oxygens (including phenoxy) is 2. The van der Waals surface area contributed by atoms with Crippen molar-refractivity contribution in [3.8, 4) is 11.5 Å². The van der Waals surface area contributed by atoms with Gasteiger partial charge in [0.05, 0.1) is 36.2 Å². The number of methoxy groups -OCH3 is 1. The van der Waals surface area contributed by atoms with Crippen molar-refractivity contribution >= 4 is 27.5 Å². The Balaban J connectivity index is 2.15. The molecule has 0 aliphatic rings. The molecule has 1 N–H and O–H groups in total. The van der Waals surface area contributed by atoms with E-state index in [1.807, 2.05) is 32.0 Å². The number of nitrogens with zero attached hydrogens (tertiary/aromatic N) is 1. The molecule has 0 unspecified atom stereocenters. The van der Waals surface area contributed by atoms with Crippen LogP contribution in [0.5, 0.6) is 11.5 Å². The molecule has 9 heteroatoms. The van der Waals surface area contributed by atoms with Crippen molar-refractivity contribution in [2.75, 3.05) is 26.8 Å². The highest BCUT2D eigenvalue weighted by Crippen LogP contribution is 2.29. The van der Waals surface area contributed by atoms with Crippen LogP contribution in [-0.4, -0.2) is 45.4 Å². The van der Waals surface area contributed by atoms with Gasteiger partial charge < -0.3 is 14.8 Å². The summed E-state index contributed by atoms with van der Waals surface area (Å²) in [7, 11) is -2.35. The van der Waals surface area contributed by atoms with Gasteiger partial charge >= 0.3 is 0 Å². The Labute approximate surface area is 183 Å². The fourth-order valence-corrected chi connectivity index (χ4v) is 4.71. The van der Waals surface area contributed by atoms with Crippen LogP contribution in [0.15, 0.2) is 47.4 Å². The lowest BCUT2D eigenvalue weighted by Gasteiger charge is -2.22. The summed E-state index contributed by atoms with van der Waals surface area (Å²) in [6.07, 6.45) is 0. The Morgan fingerprint density at radius 1 is 1.17 bits per heavy atom. The van der Waals surface area contributed by atoms with Crippen LogP contribution in [0.3, 0.4) is 0 Å². The van der Waals surface area contributed by atoms with E-state index in [0.717, 1.165) is 9.87 Å². The molecule has 2 aromatic rings. The molecule has 0 aliphatic heterocycles. The number of sulfonamides is 1. The molecule has 30 heavy (non-hydrogen) atoms. The second-order valence-corrected chi connectivity index (χ2v) is 8.83. The zero-order chi connectivity index (χ0) is 22.3. The molecular weight excluding hydrogens is 428 g/mol. The SMILES string of the molecule is CCOc1ccc(S(=O)(=O)N(CC)CC(=O)N[C@H](C)c2ccccc2OC)cc1Cl. The minimum absolute atomic E-state index is 0.00313. The first-order valence-corrected chi connectivity index (χ1v) is 11.4. The normalized spacial score (nSPS) is 12.5. The van der Waals surface area contributed by atoms with Gasteiger partial charge in [-0.2, -0.15) is 4.31 Å². The van der Waals surface area contributed by atoms with Gasteiger partial charge in [-0.05, 0) is 38.1 Å². The van der Waals surface area contributed by atoms with E-state index in [0.29, 0.717) is 18.1 Å². The minimum Gasteiger partial charge on any atom is -0.496 e. The van der Waals surface area contributed by atoms with Crippen LogP contribution in [0, 0.1) is 0 Å². The van der Waals surface area contributed by atoms with Crippen molar-refractivity contribution in [2.45, 2.75) is 31.7 Å². The van der Waals surface area contributed by atoms with Crippen molar-refractivity contribution in [3.05, 3.63) is 53.1 Å². The van der Waals surface area contributed by atoms with E-state index in [4.69, 9.17) is 21.1 Å². The van der Waals surface area contributed by atoms with Crippen LogP contribution in [-0.2, 0) is 14.8 Å². The number of carbonyl (C=O) groups is 1. The van der Waals surface area contributed by atoms with Gasteiger partial charge in [0, 0.05) is 12.1 Å². The van der Waals surface area contributed by atoms with Crippen LogP contribution in [0.4, 0.5) is 0 Å². The van der Waals surface area contributed by atoms with E-state index in [9.17, 15) is 13.2 Å². The number of likely N-dealkylation sites (N-methyl/N-ethyl adjacent to an activating group) is 1. The van der Waals surface area contributed by atoms with E-state index < -0.39 is 15.9 Å². The highest BCUT2D eigenvalue weighted by molar-refractivity contribution is 7.89. The first-order chi connectivity index (χ1) is 14.2. The predicted molar refractivity (Wildman–Crippen MR) is 117 cm³/mol. The molecule has 1 amide bonds. The van der Waals surface area contributed by atoms with Crippen molar-refractivity contribution < 1.29 is 22.7 Å². The van der Waals surface area contributed by atoms with Crippen LogP contribution in [0.1, 0.15) is 32.4 Å². The molecule has 0 fully saturated rings. The zero-order valence-corrected chi connectivity index (χ0v) is 19.1. The quantitative estimate of drug-likeness (QED) is 0.592. The summed E-state index contributed by atoms with van der Waals surface area (Å²) in [5.74, 6) is 0.634. The van der Waals surface area contributed by atoms with Gasteiger partial charge in [-0.3, -0.25) is 4.79 Å². The van der Waals surface area contributed by atoms with Gasteiger partial charge in [-0.25, -0.2) is 8.42 Å². The molecular formula is C21H27ClN2O5S. The van der Waals surface area contributed by atoms with Gasteiger partial charge in [0.25, 0.3) is 0 Å². The number of hydrogen-bond acceptors (Lipinski definition) is 5. The fraction of sp³-hybridized carbons (Fsp3) is 0.381. The topological polar surface area (TPSA) is 84.9 Å². The van der Waals surface area contributed by atoms with Crippen molar-refractivity contribution in [3.63, 3.8) is 0 Å². The average Bonchev–Trinajstić information content (AvgIpc) is 2.73. The van der Waals surface area contributed by atoms with Crippen LogP contribution in [0.2, 0.25) is 5.02 Å². The molecule has 0 aliphatic carbocycles. The van der Waals surface area contributed by atoms with Gasteiger partial charge in [0.15, 0.2) is 0 Å². The minimum atomic E-state index is -3.91. The smallest absolute Gasteiger partial charge is 0.243 e. The predicted octanol–water partition coefficient (Wildman–Crippen LogP) is 3.64. The Kier molecular flexibility index (Phi) is 8.52. The largest absolute Gasteiger partial charge is 0.496 e. The van der Waals surface area contributed by atoms with Gasteiger partial charge in [0.2, 0.25) is 15.9 Å². The average molecular weight is 455 g/mol. The summed E-state index contributed by atoms with van der Waals surface area (Å²) >= 11 is 6.13. The second kappa shape index (κ2) is 10.7. The van der Waals surface area contributed by atoms with E-state index in [1.54, 1.807) is 20.1 Å². The molecule has 0 saturated heterocycles. The van der Waals surface area contributed by atoms with E-state index >= 15 is 0 Å². The number of hydrogen-bond donors (Lipinski definition) is 1. The third kappa shape index (κ3) is 5.65. The maximum Gasteiger partial charge on any atom is 0.243 e. The van der Waals surface area contributed by atoms with Crippen molar-refractivity contribution in [1.29, 1.82) is 0 Å². The lowest BCUT2D eigenvalue weighted by atomic mass is 10.1. The van der Waals surface area contributed by atoms with Crippen molar-refractivity contribution in [2.24, 2.45) is 0 Å². The Morgan fingerprint density at radius 3 is 2.47 bits per heavy atom. The summed E-state index contributed by atoms with van der Waals surface area (Å²) in [5, 5.41) is 3.02. The highest BCUT2D eigenvalue weighted by atomic mass is 35.5. The Morgan fingerprint density at radius 2 is 1.87 bits per heavy atom. The summed E-state index contributed by atoms with van der Waals surface area (Å²) < 4.78 is 37.8. The summed E-state index contributed by atoms with van der Waals surface area (Å²) in [5.41, 5.74) is 0.803. The molecule has 164 valence electrons. The number of para-hydroxylation sites is 1. The monoisotopic (exact) mass is 454 g/mol. The first kappa shape index (κ1) is 24.0. The maximum absolute atomic E-state index is 13.0. The summed E-state index contributed by atoms with van der Waals surface area (Å²) in [6.45, 7) is 5.52.